The predicted octanol–water partition coefficient (Wildman–Crippen LogP) is 0.374. The van der Waals surface area contributed by atoms with Gasteiger partial charge in [-0.25, -0.2) is 9.78 Å². The number of primary amides is 1. The second-order valence-corrected chi connectivity index (χ2v) is 4.76. The summed E-state index contributed by atoms with van der Waals surface area (Å²) in [6.45, 7) is 3.62. The number of rotatable bonds is 5. The standard InChI is InChI=1S/C12H18N4O3/c1-12(2,11(14)18)6-16-9-8(10(17)19-3)4-7(13)5-15-9/h4-5H,6,13H2,1-3H3,(H2,14,18)(H,15,16). The van der Waals surface area contributed by atoms with E-state index in [1.165, 1.54) is 19.4 Å². The zero-order chi connectivity index (χ0) is 14.6. The van der Waals surface area contributed by atoms with E-state index in [0.717, 1.165) is 0 Å². The van der Waals surface area contributed by atoms with Gasteiger partial charge < -0.3 is 21.5 Å². The Hall–Kier alpha value is -2.31. The Morgan fingerprint density at radius 2 is 2.11 bits per heavy atom. The van der Waals surface area contributed by atoms with Crippen molar-refractivity contribution in [3.8, 4) is 0 Å². The van der Waals surface area contributed by atoms with Gasteiger partial charge in [0.15, 0.2) is 0 Å². The Morgan fingerprint density at radius 3 is 2.63 bits per heavy atom. The first kappa shape index (κ1) is 14.7. The van der Waals surface area contributed by atoms with E-state index >= 15 is 0 Å². The van der Waals surface area contributed by atoms with E-state index in [1.54, 1.807) is 13.8 Å². The summed E-state index contributed by atoms with van der Waals surface area (Å²) < 4.78 is 4.65. The minimum Gasteiger partial charge on any atom is -0.465 e. The Morgan fingerprint density at radius 1 is 1.47 bits per heavy atom. The fourth-order valence-corrected chi connectivity index (χ4v) is 1.28. The number of nitrogen functional groups attached to an aromatic ring is 1. The number of esters is 1. The van der Waals surface area contributed by atoms with Crippen molar-refractivity contribution in [2.75, 3.05) is 24.7 Å². The van der Waals surface area contributed by atoms with E-state index in [4.69, 9.17) is 11.5 Å². The number of ether oxygens (including phenoxy) is 1. The summed E-state index contributed by atoms with van der Waals surface area (Å²) in [6, 6.07) is 1.46. The van der Waals surface area contributed by atoms with Gasteiger partial charge in [0.05, 0.1) is 24.4 Å². The third-order valence-corrected chi connectivity index (χ3v) is 2.68. The number of anilines is 2. The molecule has 19 heavy (non-hydrogen) atoms. The highest BCUT2D eigenvalue weighted by Gasteiger charge is 2.25. The van der Waals surface area contributed by atoms with Crippen LogP contribution in [0.3, 0.4) is 0 Å². The Balaban J connectivity index is 2.95. The number of carbonyl (C=O) groups is 2. The van der Waals surface area contributed by atoms with Crippen LogP contribution in [0.4, 0.5) is 11.5 Å². The number of aromatic nitrogens is 1. The number of carbonyl (C=O) groups excluding carboxylic acids is 2. The molecule has 1 heterocycles. The van der Waals surface area contributed by atoms with Gasteiger partial charge in [-0.2, -0.15) is 0 Å². The van der Waals surface area contributed by atoms with Crippen LogP contribution in [0.25, 0.3) is 0 Å². The van der Waals surface area contributed by atoms with Gasteiger partial charge >= 0.3 is 5.97 Å². The summed E-state index contributed by atoms with van der Waals surface area (Å²) in [5, 5.41) is 2.91. The van der Waals surface area contributed by atoms with Crippen LogP contribution in [-0.4, -0.2) is 30.5 Å². The molecule has 104 valence electrons. The number of nitrogens with one attached hydrogen (secondary N) is 1. The Labute approximate surface area is 111 Å². The highest BCUT2D eigenvalue weighted by atomic mass is 16.5. The van der Waals surface area contributed by atoms with Crippen LogP contribution in [0.1, 0.15) is 24.2 Å². The van der Waals surface area contributed by atoms with Gasteiger partial charge in [-0.05, 0) is 19.9 Å². The average molecular weight is 266 g/mol. The number of nitrogens with zero attached hydrogens (tertiary/aromatic N) is 1. The lowest BCUT2D eigenvalue weighted by molar-refractivity contribution is -0.125. The fraction of sp³-hybridized carbons (Fsp3) is 0.417. The zero-order valence-corrected chi connectivity index (χ0v) is 11.2. The van der Waals surface area contributed by atoms with Crippen molar-refractivity contribution in [1.29, 1.82) is 0 Å². The molecule has 0 aliphatic carbocycles. The molecule has 0 unspecified atom stereocenters. The quantitative estimate of drug-likeness (QED) is 0.662. The van der Waals surface area contributed by atoms with Crippen LogP contribution in [0, 0.1) is 5.41 Å². The first-order valence-electron chi connectivity index (χ1n) is 5.65. The first-order chi connectivity index (χ1) is 8.77. The molecule has 0 aliphatic rings. The predicted molar refractivity (Wildman–Crippen MR) is 71.5 cm³/mol. The molecule has 0 atom stereocenters. The minimum absolute atomic E-state index is 0.211. The topological polar surface area (TPSA) is 120 Å². The molecule has 0 saturated carbocycles. The molecule has 1 rings (SSSR count). The summed E-state index contributed by atoms with van der Waals surface area (Å²) >= 11 is 0. The van der Waals surface area contributed by atoms with Crippen LogP contribution in [0.15, 0.2) is 12.3 Å². The van der Waals surface area contributed by atoms with Gasteiger partial charge in [-0.3, -0.25) is 4.79 Å². The van der Waals surface area contributed by atoms with Crippen LogP contribution >= 0.6 is 0 Å². The van der Waals surface area contributed by atoms with Crippen molar-refractivity contribution >= 4 is 23.4 Å². The molecule has 0 fully saturated rings. The lowest BCUT2D eigenvalue weighted by Gasteiger charge is -2.21. The first-order valence-corrected chi connectivity index (χ1v) is 5.65. The molecule has 0 aliphatic heterocycles. The number of hydrogen-bond donors (Lipinski definition) is 3. The normalized spacial score (nSPS) is 10.9. The smallest absolute Gasteiger partial charge is 0.341 e. The van der Waals surface area contributed by atoms with Crippen molar-refractivity contribution in [1.82, 2.24) is 4.98 Å². The van der Waals surface area contributed by atoms with Gasteiger partial charge in [0.25, 0.3) is 0 Å². The molecule has 1 aromatic heterocycles. The van der Waals surface area contributed by atoms with Gasteiger partial charge in [0.1, 0.15) is 11.4 Å². The highest BCUT2D eigenvalue weighted by molar-refractivity contribution is 5.95. The number of hydrogen-bond acceptors (Lipinski definition) is 6. The molecule has 1 amide bonds. The van der Waals surface area contributed by atoms with E-state index < -0.39 is 17.3 Å². The molecule has 0 bridgehead atoms. The molecule has 0 saturated heterocycles. The molecule has 7 heteroatoms. The van der Waals surface area contributed by atoms with Crippen molar-refractivity contribution < 1.29 is 14.3 Å². The summed E-state index contributed by atoms with van der Waals surface area (Å²) in [7, 11) is 1.27. The minimum atomic E-state index is -0.767. The molecule has 5 N–H and O–H groups in total. The highest BCUT2D eigenvalue weighted by Crippen LogP contribution is 2.20. The molecular formula is C12H18N4O3. The van der Waals surface area contributed by atoms with Crippen LogP contribution in [-0.2, 0) is 9.53 Å². The summed E-state index contributed by atoms with van der Waals surface area (Å²) in [4.78, 5) is 26.8. The van der Waals surface area contributed by atoms with Gasteiger partial charge in [-0.15, -0.1) is 0 Å². The SMILES string of the molecule is COC(=O)c1cc(N)cnc1NCC(C)(C)C(N)=O. The number of pyridine rings is 1. The second kappa shape index (κ2) is 5.55. The lowest BCUT2D eigenvalue weighted by atomic mass is 9.93. The van der Waals surface area contributed by atoms with Gasteiger partial charge in [-0.1, -0.05) is 0 Å². The molecule has 1 aromatic rings. The largest absolute Gasteiger partial charge is 0.465 e. The third kappa shape index (κ3) is 3.57. The number of amides is 1. The molecule has 0 aromatic carbocycles. The van der Waals surface area contributed by atoms with Gasteiger partial charge in [0.2, 0.25) is 5.91 Å². The van der Waals surface area contributed by atoms with E-state index in [2.05, 4.69) is 15.0 Å². The summed E-state index contributed by atoms with van der Waals surface area (Å²) in [5.41, 5.74) is 10.6. The third-order valence-electron chi connectivity index (χ3n) is 2.68. The molecular weight excluding hydrogens is 248 g/mol. The van der Waals surface area contributed by atoms with E-state index in [9.17, 15) is 9.59 Å². The maximum atomic E-state index is 11.6. The summed E-state index contributed by atoms with van der Waals surface area (Å²) in [6.07, 6.45) is 1.41. The molecule has 7 nitrogen and oxygen atoms in total. The average Bonchev–Trinajstić information content (AvgIpc) is 2.36. The van der Waals surface area contributed by atoms with Crippen molar-refractivity contribution in [2.45, 2.75) is 13.8 Å². The number of methoxy groups -OCH3 is 1. The van der Waals surface area contributed by atoms with Crippen molar-refractivity contribution in [3.63, 3.8) is 0 Å². The maximum Gasteiger partial charge on any atom is 0.341 e. The number of nitrogens with two attached hydrogens (primary N) is 2. The Kier molecular flexibility index (Phi) is 4.31. The molecule has 0 radical (unpaired) electrons. The fourth-order valence-electron chi connectivity index (χ4n) is 1.28. The van der Waals surface area contributed by atoms with Crippen molar-refractivity contribution in [2.24, 2.45) is 11.1 Å². The van der Waals surface area contributed by atoms with Crippen molar-refractivity contribution in [3.05, 3.63) is 17.8 Å². The molecule has 0 spiro atoms. The van der Waals surface area contributed by atoms with Gasteiger partial charge in [0, 0.05) is 6.54 Å². The van der Waals surface area contributed by atoms with E-state index in [-0.39, 0.29) is 12.1 Å². The zero-order valence-electron chi connectivity index (χ0n) is 11.2. The Bertz CT molecular complexity index is 500. The van der Waals surface area contributed by atoms with E-state index in [1.807, 2.05) is 0 Å². The van der Waals surface area contributed by atoms with Crippen LogP contribution in [0.5, 0.6) is 0 Å². The lowest BCUT2D eigenvalue weighted by Crippen LogP contribution is -2.37. The summed E-state index contributed by atoms with van der Waals surface area (Å²) in [5.74, 6) is -0.704. The maximum absolute atomic E-state index is 11.6. The second-order valence-electron chi connectivity index (χ2n) is 4.76. The monoisotopic (exact) mass is 266 g/mol. The van der Waals surface area contributed by atoms with E-state index in [0.29, 0.717) is 11.5 Å². The van der Waals surface area contributed by atoms with Crippen LogP contribution in [0.2, 0.25) is 0 Å². The van der Waals surface area contributed by atoms with Crippen LogP contribution < -0.4 is 16.8 Å².